The minimum Gasteiger partial charge on any atom is -0.323 e. The van der Waals surface area contributed by atoms with Crippen molar-refractivity contribution in [2.75, 3.05) is 11.1 Å². The maximum atomic E-state index is 13.7. The van der Waals surface area contributed by atoms with Crippen LogP contribution in [0.3, 0.4) is 0 Å². The number of fused-ring (bicyclic) bond motifs is 1. The van der Waals surface area contributed by atoms with Gasteiger partial charge in [0.2, 0.25) is 5.91 Å². The largest absolute Gasteiger partial charge is 0.323 e. The molecule has 0 bridgehead atoms. The van der Waals surface area contributed by atoms with Crippen LogP contribution in [0.5, 0.6) is 0 Å². The van der Waals surface area contributed by atoms with Gasteiger partial charge in [0.05, 0.1) is 22.3 Å². The topological polar surface area (TPSA) is 64.0 Å². The number of nitrogens with zero attached hydrogens (tertiary/aromatic N) is 2. The zero-order valence-electron chi connectivity index (χ0n) is 14.8. The molecule has 0 spiro atoms. The molecule has 1 amide bonds. The van der Waals surface area contributed by atoms with Gasteiger partial charge in [-0.1, -0.05) is 30.8 Å². The van der Waals surface area contributed by atoms with Gasteiger partial charge < -0.3 is 5.32 Å². The molecule has 5 nitrogen and oxygen atoms in total. The van der Waals surface area contributed by atoms with E-state index in [9.17, 15) is 22.8 Å². The molecule has 0 aliphatic rings. The second kappa shape index (κ2) is 8.47. The Hall–Kier alpha value is -2.81. The molecular formula is C19H16F3N3O2S. The van der Waals surface area contributed by atoms with Gasteiger partial charge in [-0.3, -0.25) is 14.2 Å². The van der Waals surface area contributed by atoms with Crippen molar-refractivity contribution in [3.05, 3.63) is 64.2 Å². The van der Waals surface area contributed by atoms with Crippen molar-refractivity contribution in [1.29, 1.82) is 0 Å². The number of hydrogen-bond donors (Lipinski definition) is 1. The predicted octanol–water partition coefficient (Wildman–Crippen LogP) is 3.95. The number of para-hydroxylation sites is 1. The Morgan fingerprint density at radius 1 is 1.14 bits per heavy atom. The molecule has 2 aromatic carbocycles. The summed E-state index contributed by atoms with van der Waals surface area (Å²) in [5.41, 5.74) is -0.154. The smallest absolute Gasteiger partial charge is 0.262 e. The van der Waals surface area contributed by atoms with Gasteiger partial charge in [-0.15, -0.1) is 0 Å². The zero-order chi connectivity index (χ0) is 20.3. The van der Waals surface area contributed by atoms with E-state index in [1.165, 1.54) is 4.57 Å². The van der Waals surface area contributed by atoms with Crippen molar-refractivity contribution in [2.45, 2.75) is 25.0 Å². The summed E-state index contributed by atoms with van der Waals surface area (Å²) in [6.07, 6.45) is 0.694. The van der Waals surface area contributed by atoms with Gasteiger partial charge in [0, 0.05) is 6.54 Å². The van der Waals surface area contributed by atoms with Crippen LogP contribution < -0.4 is 10.9 Å². The zero-order valence-corrected chi connectivity index (χ0v) is 15.7. The average Bonchev–Trinajstić information content (AvgIpc) is 2.69. The number of anilines is 1. The number of rotatable bonds is 6. The van der Waals surface area contributed by atoms with Gasteiger partial charge in [-0.05, 0) is 30.7 Å². The molecule has 1 aromatic heterocycles. The van der Waals surface area contributed by atoms with Gasteiger partial charge in [-0.25, -0.2) is 18.2 Å². The standard InChI is InChI=1S/C19H16F3N3O2S/c1-2-9-25-18(27)11-5-3-4-6-13(11)24-19(25)28-10-15(26)23-14-8-7-12(20)16(21)17(14)22/h3-8H,2,9-10H2,1H3,(H,23,26). The van der Waals surface area contributed by atoms with Crippen molar-refractivity contribution < 1.29 is 18.0 Å². The summed E-state index contributed by atoms with van der Waals surface area (Å²) < 4.78 is 41.4. The molecule has 0 fully saturated rings. The van der Waals surface area contributed by atoms with E-state index in [0.29, 0.717) is 29.0 Å². The SMILES string of the molecule is CCCn1c(SCC(=O)Nc2ccc(F)c(F)c2F)nc2ccccc2c1=O. The number of thioether (sulfide) groups is 1. The highest BCUT2D eigenvalue weighted by molar-refractivity contribution is 7.99. The number of nitrogens with one attached hydrogen (secondary N) is 1. The number of carbonyl (C=O) groups is 1. The highest BCUT2D eigenvalue weighted by Crippen LogP contribution is 2.21. The van der Waals surface area contributed by atoms with E-state index in [1.54, 1.807) is 24.3 Å². The molecule has 0 aliphatic heterocycles. The van der Waals surface area contributed by atoms with Crippen LogP contribution in [0.1, 0.15) is 13.3 Å². The average molecular weight is 407 g/mol. The molecule has 0 aliphatic carbocycles. The lowest BCUT2D eigenvalue weighted by atomic mass is 10.2. The molecule has 0 radical (unpaired) electrons. The lowest BCUT2D eigenvalue weighted by molar-refractivity contribution is -0.113. The summed E-state index contributed by atoms with van der Waals surface area (Å²) >= 11 is 1.01. The Morgan fingerprint density at radius 2 is 1.89 bits per heavy atom. The number of aromatic nitrogens is 2. The first-order valence-electron chi connectivity index (χ1n) is 8.48. The summed E-state index contributed by atoms with van der Waals surface area (Å²) in [6.45, 7) is 2.34. The van der Waals surface area contributed by atoms with Crippen LogP contribution in [-0.2, 0) is 11.3 Å². The van der Waals surface area contributed by atoms with Gasteiger partial charge in [-0.2, -0.15) is 0 Å². The fourth-order valence-electron chi connectivity index (χ4n) is 2.62. The van der Waals surface area contributed by atoms with Crippen LogP contribution in [0.15, 0.2) is 46.3 Å². The van der Waals surface area contributed by atoms with Crippen molar-refractivity contribution in [3.8, 4) is 0 Å². The summed E-state index contributed by atoms with van der Waals surface area (Å²) in [6, 6.07) is 8.56. The summed E-state index contributed by atoms with van der Waals surface area (Å²) in [4.78, 5) is 29.2. The molecule has 28 heavy (non-hydrogen) atoms. The minimum atomic E-state index is -1.65. The van der Waals surface area contributed by atoms with E-state index in [1.807, 2.05) is 6.92 Å². The lowest BCUT2D eigenvalue weighted by Gasteiger charge is -2.12. The van der Waals surface area contributed by atoms with Crippen molar-refractivity contribution >= 4 is 34.3 Å². The molecule has 1 N–H and O–H groups in total. The molecule has 0 unspecified atom stereocenters. The molecule has 9 heteroatoms. The summed E-state index contributed by atoms with van der Waals surface area (Å²) in [7, 11) is 0. The molecule has 3 aromatic rings. The molecule has 0 saturated heterocycles. The van der Waals surface area contributed by atoms with Crippen molar-refractivity contribution in [2.24, 2.45) is 0 Å². The Morgan fingerprint density at radius 3 is 2.64 bits per heavy atom. The fourth-order valence-corrected chi connectivity index (χ4v) is 3.44. The van der Waals surface area contributed by atoms with Crippen LogP contribution in [0.25, 0.3) is 10.9 Å². The normalized spacial score (nSPS) is 11.0. The number of benzene rings is 2. The third-order valence-electron chi connectivity index (χ3n) is 3.92. The van der Waals surface area contributed by atoms with Gasteiger partial charge in [0.15, 0.2) is 22.6 Å². The molecule has 0 atom stereocenters. The molecule has 146 valence electrons. The second-order valence-corrected chi connectivity index (χ2v) is 6.87. The van der Waals surface area contributed by atoms with Crippen LogP contribution in [0, 0.1) is 17.5 Å². The summed E-state index contributed by atoms with van der Waals surface area (Å²) in [5, 5.41) is 3.03. The highest BCUT2D eigenvalue weighted by Gasteiger charge is 2.17. The Labute approximate surface area is 162 Å². The first kappa shape index (κ1) is 19.9. The van der Waals surface area contributed by atoms with E-state index in [-0.39, 0.29) is 11.3 Å². The summed E-state index contributed by atoms with van der Waals surface area (Å²) in [5.74, 6) is -5.29. The molecule has 1 heterocycles. The van der Waals surface area contributed by atoms with E-state index < -0.39 is 29.0 Å². The highest BCUT2D eigenvalue weighted by atomic mass is 32.2. The van der Waals surface area contributed by atoms with E-state index >= 15 is 0 Å². The van der Waals surface area contributed by atoms with Gasteiger partial charge in [0.25, 0.3) is 5.56 Å². The van der Waals surface area contributed by atoms with Gasteiger partial charge in [0.1, 0.15) is 0 Å². The molecular weight excluding hydrogens is 391 g/mol. The lowest BCUT2D eigenvalue weighted by Crippen LogP contribution is -2.24. The first-order valence-corrected chi connectivity index (χ1v) is 9.46. The fraction of sp³-hybridized carbons (Fsp3) is 0.211. The third-order valence-corrected chi connectivity index (χ3v) is 4.89. The Kier molecular flexibility index (Phi) is 6.03. The van der Waals surface area contributed by atoms with Crippen LogP contribution >= 0.6 is 11.8 Å². The number of hydrogen-bond acceptors (Lipinski definition) is 4. The van der Waals surface area contributed by atoms with Gasteiger partial charge >= 0.3 is 0 Å². The maximum Gasteiger partial charge on any atom is 0.262 e. The van der Waals surface area contributed by atoms with Crippen LogP contribution in [-0.4, -0.2) is 21.2 Å². The number of amides is 1. The van der Waals surface area contributed by atoms with E-state index in [0.717, 1.165) is 23.9 Å². The minimum absolute atomic E-state index is 0.188. The molecule has 0 saturated carbocycles. The van der Waals surface area contributed by atoms with Crippen LogP contribution in [0.2, 0.25) is 0 Å². The maximum absolute atomic E-state index is 13.7. The number of carbonyl (C=O) groups excluding carboxylic acids is 1. The second-order valence-electron chi connectivity index (χ2n) is 5.93. The van der Waals surface area contributed by atoms with Crippen LogP contribution in [0.4, 0.5) is 18.9 Å². The van der Waals surface area contributed by atoms with E-state index in [2.05, 4.69) is 10.3 Å². The van der Waals surface area contributed by atoms with Crippen molar-refractivity contribution in [3.63, 3.8) is 0 Å². The monoisotopic (exact) mass is 407 g/mol. The predicted molar refractivity (Wildman–Crippen MR) is 102 cm³/mol. The molecule has 3 rings (SSSR count). The van der Waals surface area contributed by atoms with Crippen molar-refractivity contribution in [1.82, 2.24) is 9.55 Å². The third kappa shape index (κ3) is 4.04. The number of halogens is 3. The first-order chi connectivity index (χ1) is 13.4. The Balaban J connectivity index is 1.81. The quantitative estimate of drug-likeness (QED) is 0.382. The van der Waals surface area contributed by atoms with E-state index in [4.69, 9.17) is 0 Å². The Bertz CT molecular complexity index is 1100.